The van der Waals surface area contributed by atoms with Crippen LogP contribution >= 0.6 is 23.5 Å². The van der Waals surface area contributed by atoms with Gasteiger partial charge in [0.15, 0.2) is 6.29 Å². The number of hydrogen-bond acceptors (Lipinski definition) is 3. The van der Waals surface area contributed by atoms with Crippen LogP contribution in [0.15, 0.2) is 18.2 Å². The van der Waals surface area contributed by atoms with Gasteiger partial charge < -0.3 is 4.31 Å². The summed E-state index contributed by atoms with van der Waals surface area (Å²) < 4.78 is 2.20. The van der Waals surface area contributed by atoms with E-state index in [2.05, 4.69) is 4.31 Å². The van der Waals surface area contributed by atoms with Crippen molar-refractivity contribution in [3.05, 3.63) is 28.8 Å². The van der Waals surface area contributed by atoms with E-state index >= 15 is 0 Å². The van der Waals surface area contributed by atoms with Gasteiger partial charge in [0.25, 0.3) is 0 Å². The van der Waals surface area contributed by atoms with Crippen molar-refractivity contribution in [2.24, 2.45) is 0 Å². The average Bonchev–Trinajstić information content (AvgIpc) is 2.71. The van der Waals surface area contributed by atoms with Crippen molar-refractivity contribution < 1.29 is 4.79 Å². The van der Waals surface area contributed by atoms with Crippen molar-refractivity contribution in [2.45, 2.75) is 6.42 Å². The molecule has 0 aliphatic carbocycles. The van der Waals surface area contributed by atoms with Crippen molar-refractivity contribution in [3.8, 4) is 0 Å². The van der Waals surface area contributed by atoms with Crippen LogP contribution in [0, 0.1) is 0 Å². The summed E-state index contributed by atoms with van der Waals surface area (Å²) in [5.74, 6) is 1.15. The Labute approximate surface area is 92.4 Å². The molecule has 1 aromatic rings. The van der Waals surface area contributed by atoms with Crippen LogP contribution in [0.4, 0.5) is 5.69 Å². The number of benzene rings is 1. The molecule has 0 amide bonds. The van der Waals surface area contributed by atoms with Gasteiger partial charge in [-0.2, -0.15) is 0 Å². The molecule has 0 spiro atoms. The second kappa shape index (κ2) is 4.24. The van der Waals surface area contributed by atoms with Gasteiger partial charge >= 0.3 is 0 Å². The first-order valence-corrected chi connectivity index (χ1v) is 5.78. The molecule has 0 aromatic heterocycles. The summed E-state index contributed by atoms with van der Waals surface area (Å²) in [5, 5.41) is 0.521. The zero-order valence-corrected chi connectivity index (χ0v) is 9.14. The van der Waals surface area contributed by atoms with E-state index in [9.17, 15) is 4.79 Å². The maximum absolute atomic E-state index is 10.7. The monoisotopic (exact) mass is 227 g/mol. The van der Waals surface area contributed by atoms with Gasteiger partial charge in [-0.25, -0.2) is 0 Å². The van der Waals surface area contributed by atoms with Crippen molar-refractivity contribution in [1.29, 1.82) is 0 Å². The number of carbonyl (C=O) groups excluding carboxylic acids is 1. The summed E-state index contributed by atoms with van der Waals surface area (Å²) in [4.78, 5) is 10.7. The smallest absolute Gasteiger partial charge is 0.151 e. The van der Waals surface area contributed by atoms with Crippen LogP contribution in [0.1, 0.15) is 16.8 Å². The van der Waals surface area contributed by atoms with Crippen molar-refractivity contribution >= 4 is 35.5 Å². The van der Waals surface area contributed by atoms with Gasteiger partial charge in [0.05, 0.1) is 5.02 Å². The zero-order chi connectivity index (χ0) is 9.97. The Morgan fingerprint density at radius 2 is 2.36 bits per heavy atom. The van der Waals surface area contributed by atoms with Crippen LogP contribution in [-0.2, 0) is 0 Å². The molecule has 14 heavy (non-hydrogen) atoms. The number of nitrogens with zero attached hydrogens (tertiary/aromatic N) is 1. The van der Waals surface area contributed by atoms with Crippen LogP contribution in [0.5, 0.6) is 0 Å². The van der Waals surface area contributed by atoms with E-state index in [0.717, 1.165) is 24.3 Å². The topological polar surface area (TPSA) is 20.3 Å². The summed E-state index contributed by atoms with van der Waals surface area (Å²) in [6.45, 7) is 1.05. The number of anilines is 1. The second-order valence-electron chi connectivity index (χ2n) is 3.11. The predicted molar refractivity (Wildman–Crippen MR) is 61.3 cm³/mol. The lowest BCUT2D eigenvalue weighted by atomic mass is 10.2. The first kappa shape index (κ1) is 9.87. The Kier molecular flexibility index (Phi) is 2.99. The third-order valence-corrected chi connectivity index (χ3v) is 3.67. The normalized spacial score (nSPS) is 15.9. The van der Waals surface area contributed by atoms with Gasteiger partial charge in [-0.3, -0.25) is 4.79 Å². The summed E-state index contributed by atoms with van der Waals surface area (Å²) >= 11 is 7.64. The first-order valence-electron chi connectivity index (χ1n) is 4.46. The van der Waals surface area contributed by atoms with Crippen molar-refractivity contribution in [3.63, 3.8) is 0 Å². The highest BCUT2D eigenvalue weighted by Gasteiger charge is 2.14. The molecule has 0 saturated carbocycles. The van der Waals surface area contributed by atoms with Crippen LogP contribution < -0.4 is 4.31 Å². The van der Waals surface area contributed by atoms with Gasteiger partial charge in [0, 0.05) is 23.5 Å². The van der Waals surface area contributed by atoms with Gasteiger partial charge in [-0.15, -0.1) is 0 Å². The molecule has 1 aliphatic rings. The minimum Gasteiger partial charge on any atom is -0.316 e. The van der Waals surface area contributed by atoms with Crippen LogP contribution in [0.3, 0.4) is 0 Å². The lowest BCUT2D eigenvalue weighted by Crippen LogP contribution is -2.08. The molecule has 1 fully saturated rings. The number of hydrogen-bond donors (Lipinski definition) is 0. The van der Waals surface area contributed by atoms with E-state index in [1.807, 2.05) is 12.1 Å². The minimum absolute atomic E-state index is 0.521. The van der Waals surface area contributed by atoms with E-state index in [1.54, 1.807) is 18.0 Å². The highest BCUT2D eigenvalue weighted by Crippen LogP contribution is 2.30. The lowest BCUT2D eigenvalue weighted by Gasteiger charge is -2.16. The maximum Gasteiger partial charge on any atom is 0.151 e. The SMILES string of the molecule is O=Cc1cc(N2CCCS2)ccc1Cl. The Balaban J connectivity index is 2.30. The molecule has 0 bridgehead atoms. The van der Waals surface area contributed by atoms with E-state index < -0.39 is 0 Å². The first-order chi connectivity index (χ1) is 6.81. The fraction of sp³-hybridized carbons (Fsp3) is 0.300. The van der Waals surface area contributed by atoms with Gasteiger partial charge in [0.1, 0.15) is 0 Å². The summed E-state index contributed by atoms with van der Waals surface area (Å²) in [5.41, 5.74) is 1.63. The van der Waals surface area contributed by atoms with Gasteiger partial charge in [0.2, 0.25) is 0 Å². The Morgan fingerprint density at radius 1 is 1.50 bits per heavy atom. The number of aldehydes is 1. The third kappa shape index (κ3) is 1.88. The minimum atomic E-state index is 0.521. The summed E-state index contributed by atoms with van der Waals surface area (Å²) in [6.07, 6.45) is 2.00. The maximum atomic E-state index is 10.7. The number of rotatable bonds is 2. The highest BCUT2D eigenvalue weighted by molar-refractivity contribution is 8.00. The molecule has 1 aromatic carbocycles. The van der Waals surface area contributed by atoms with Gasteiger partial charge in [-0.05, 0) is 36.6 Å². The molecule has 1 aliphatic heterocycles. The molecule has 0 N–H and O–H groups in total. The van der Waals surface area contributed by atoms with Gasteiger partial charge in [-0.1, -0.05) is 11.6 Å². The van der Waals surface area contributed by atoms with Crippen LogP contribution in [0.2, 0.25) is 5.02 Å². The Hall–Kier alpha value is -0.670. The highest BCUT2D eigenvalue weighted by atomic mass is 35.5. The molecule has 1 saturated heterocycles. The Bertz CT molecular complexity index is 350. The Morgan fingerprint density at radius 3 is 3.00 bits per heavy atom. The second-order valence-corrected chi connectivity index (χ2v) is 4.63. The van der Waals surface area contributed by atoms with E-state index in [4.69, 9.17) is 11.6 Å². The standard InChI is InChI=1S/C10H10ClNOS/c11-10-3-2-9(6-8(10)7-13)12-4-1-5-14-12/h2-3,6-7H,1,4-5H2. The molecule has 1 heterocycles. The van der Waals surface area contributed by atoms with Crippen molar-refractivity contribution in [2.75, 3.05) is 16.6 Å². The quantitative estimate of drug-likeness (QED) is 0.572. The molecule has 0 atom stereocenters. The number of halogens is 1. The fourth-order valence-electron chi connectivity index (χ4n) is 1.43. The summed E-state index contributed by atoms with van der Waals surface area (Å²) in [7, 11) is 0. The van der Waals surface area contributed by atoms with Crippen LogP contribution in [-0.4, -0.2) is 18.6 Å². The molecule has 0 unspecified atom stereocenters. The molecular weight excluding hydrogens is 218 g/mol. The average molecular weight is 228 g/mol. The third-order valence-electron chi connectivity index (χ3n) is 2.15. The molecular formula is C10H10ClNOS. The molecule has 0 radical (unpaired) electrons. The van der Waals surface area contributed by atoms with Crippen LogP contribution in [0.25, 0.3) is 0 Å². The molecule has 4 heteroatoms. The molecule has 2 rings (SSSR count). The van der Waals surface area contributed by atoms with E-state index in [0.29, 0.717) is 10.6 Å². The van der Waals surface area contributed by atoms with E-state index in [-0.39, 0.29) is 0 Å². The largest absolute Gasteiger partial charge is 0.316 e. The molecule has 74 valence electrons. The fourth-order valence-corrected chi connectivity index (χ4v) is 2.59. The predicted octanol–water partition coefficient (Wildman–Crippen LogP) is 3.01. The van der Waals surface area contributed by atoms with Crippen molar-refractivity contribution in [1.82, 2.24) is 0 Å². The molecule has 2 nitrogen and oxygen atoms in total. The zero-order valence-electron chi connectivity index (χ0n) is 7.57. The lowest BCUT2D eigenvalue weighted by molar-refractivity contribution is 0.112. The van der Waals surface area contributed by atoms with E-state index in [1.165, 1.54) is 6.42 Å². The summed E-state index contributed by atoms with van der Waals surface area (Å²) in [6, 6.07) is 5.57. The number of carbonyl (C=O) groups is 1.